The molecule has 1 aliphatic rings. The Morgan fingerprint density at radius 3 is 2.96 bits per heavy atom. The van der Waals surface area contributed by atoms with Crippen molar-refractivity contribution < 1.29 is 18.8 Å². The second-order valence-corrected chi connectivity index (χ2v) is 7.76. The van der Waals surface area contributed by atoms with Crippen LogP contribution in [0.3, 0.4) is 0 Å². The molecule has 3 rings (SSSR count). The minimum absolute atomic E-state index is 0.148. The van der Waals surface area contributed by atoms with Crippen LogP contribution in [0.5, 0.6) is 5.75 Å². The standard InChI is InChI=1S/C19H19N3O4S2/c1-12-9-16(21-26-12)20-17(23)7-4-8-22-18(24)15(28-19(22)27)11-13-5-3-6-14(10-13)25-2/h3,5-6,9-11H,4,7-8H2,1-2H3,(H,20,21,23). The summed E-state index contributed by atoms with van der Waals surface area (Å²) in [6, 6.07) is 9.09. The maximum atomic E-state index is 12.6. The quantitative estimate of drug-likeness (QED) is 0.544. The van der Waals surface area contributed by atoms with E-state index in [9.17, 15) is 9.59 Å². The molecule has 146 valence electrons. The van der Waals surface area contributed by atoms with Crippen LogP contribution in [0.4, 0.5) is 5.82 Å². The number of thioether (sulfide) groups is 1. The van der Waals surface area contributed by atoms with Gasteiger partial charge in [0, 0.05) is 19.0 Å². The smallest absolute Gasteiger partial charge is 0.266 e. The van der Waals surface area contributed by atoms with Gasteiger partial charge in [0.05, 0.1) is 12.0 Å². The highest BCUT2D eigenvalue weighted by Crippen LogP contribution is 2.33. The van der Waals surface area contributed by atoms with E-state index in [2.05, 4.69) is 10.5 Å². The molecule has 1 aromatic heterocycles. The van der Waals surface area contributed by atoms with Crippen LogP contribution in [0, 0.1) is 6.92 Å². The molecule has 0 saturated carbocycles. The first kappa shape index (κ1) is 20.1. The summed E-state index contributed by atoms with van der Waals surface area (Å²) in [5.74, 6) is 1.39. The number of nitrogens with one attached hydrogen (secondary N) is 1. The second kappa shape index (κ2) is 9.03. The molecule has 0 unspecified atom stereocenters. The highest BCUT2D eigenvalue weighted by atomic mass is 32.2. The zero-order valence-corrected chi connectivity index (χ0v) is 17.1. The summed E-state index contributed by atoms with van der Waals surface area (Å²) >= 11 is 6.59. The molecule has 2 heterocycles. The highest BCUT2D eigenvalue weighted by Gasteiger charge is 2.31. The first-order valence-electron chi connectivity index (χ1n) is 8.59. The Labute approximate surface area is 172 Å². The molecule has 9 heteroatoms. The van der Waals surface area contributed by atoms with Crippen LogP contribution in [0.25, 0.3) is 6.08 Å². The monoisotopic (exact) mass is 417 g/mol. The largest absolute Gasteiger partial charge is 0.497 e. The summed E-state index contributed by atoms with van der Waals surface area (Å²) in [6.07, 6.45) is 2.53. The number of carbonyl (C=O) groups excluding carboxylic acids is 2. The van der Waals surface area contributed by atoms with Crippen LogP contribution in [0.15, 0.2) is 39.8 Å². The molecule has 1 N–H and O–H groups in total. The Morgan fingerprint density at radius 1 is 1.43 bits per heavy atom. The van der Waals surface area contributed by atoms with Gasteiger partial charge in [-0.3, -0.25) is 14.5 Å². The van der Waals surface area contributed by atoms with E-state index >= 15 is 0 Å². The highest BCUT2D eigenvalue weighted by molar-refractivity contribution is 8.26. The number of hydrogen-bond donors (Lipinski definition) is 1. The molecule has 1 fully saturated rings. The Morgan fingerprint density at radius 2 is 2.25 bits per heavy atom. The minimum Gasteiger partial charge on any atom is -0.497 e. The number of aryl methyl sites for hydroxylation is 1. The number of amides is 2. The van der Waals surface area contributed by atoms with Crippen molar-refractivity contribution >= 4 is 52.0 Å². The molecule has 2 aromatic rings. The summed E-state index contributed by atoms with van der Waals surface area (Å²) < 4.78 is 10.6. The number of benzene rings is 1. The van der Waals surface area contributed by atoms with E-state index in [-0.39, 0.29) is 18.2 Å². The van der Waals surface area contributed by atoms with Crippen LogP contribution in [0.2, 0.25) is 0 Å². The number of carbonyl (C=O) groups is 2. The van der Waals surface area contributed by atoms with Crippen LogP contribution in [-0.2, 0) is 9.59 Å². The number of anilines is 1. The van der Waals surface area contributed by atoms with Gasteiger partial charge < -0.3 is 14.6 Å². The third kappa shape index (κ3) is 4.99. The first-order chi connectivity index (χ1) is 13.5. The maximum Gasteiger partial charge on any atom is 0.266 e. The van der Waals surface area contributed by atoms with E-state index in [0.717, 1.165) is 11.3 Å². The lowest BCUT2D eigenvalue weighted by Crippen LogP contribution is -2.29. The van der Waals surface area contributed by atoms with Crippen molar-refractivity contribution in [2.24, 2.45) is 0 Å². The van der Waals surface area contributed by atoms with E-state index in [0.29, 0.717) is 33.8 Å². The van der Waals surface area contributed by atoms with Crippen molar-refractivity contribution in [2.75, 3.05) is 19.0 Å². The van der Waals surface area contributed by atoms with Crippen molar-refractivity contribution in [1.29, 1.82) is 0 Å². The zero-order chi connectivity index (χ0) is 20.1. The van der Waals surface area contributed by atoms with Crippen LogP contribution >= 0.6 is 24.0 Å². The zero-order valence-electron chi connectivity index (χ0n) is 15.4. The SMILES string of the molecule is COc1cccc(C=C2SC(=S)N(CCCC(=O)Nc3cc(C)on3)C2=O)c1. The molecule has 1 saturated heterocycles. The van der Waals surface area contributed by atoms with Gasteiger partial charge in [0.25, 0.3) is 5.91 Å². The average molecular weight is 418 g/mol. The minimum atomic E-state index is -0.189. The van der Waals surface area contributed by atoms with Gasteiger partial charge in [-0.25, -0.2) is 0 Å². The van der Waals surface area contributed by atoms with Gasteiger partial charge in [-0.1, -0.05) is 41.3 Å². The molecule has 7 nitrogen and oxygen atoms in total. The van der Waals surface area contributed by atoms with Crippen LogP contribution in [-0.4, -0.2) is 39.8 Å². The van der Waals surface area contributed by atoms with Crippen molar-refractivity contribution in [1.82, 2.24) is 10.1 Å². The lowest BCUT2D eigenvalue weighted by atomic mass is 10.2. The third-order valence-electron chi connectivity index (χ3n) is 3.95. The van der Waals surface area contributed by atoms with Crippen molar-refractivity contribution in [2.45, 2.75) is 19.8 Å². The fourth-order valence-electron chi connectivity index (χ4n) is 2.60. The van der Waals surface area contributed by atoms with E-state index in [1.54, 1.807) is 26.2 Å². The third-order valence-corrected chi connectivity index (χ3v) is 5.32. The summed E-state index contributed by atoms with van der Waals surface area (Å²) in [5, 5.41) is 6.37. The molecule has 0 radical (unpaired) electrons. The number of aromatic nitrogens is 1. The van der Waals surface area contributed by atoms with Crippen molar-refractivity contribution in [3.8, 4) is 5.75 Å². The summed E-state index contributed by atoms with van der Waals surface area (Å²) in [4.78, 5) is 26.7. The molecular formula is C19H19N3O4S2. The second-order valence-electron chi connectivity index (χ2n) is 6.08. The summed E-state index contributed by atoms with van der Waals surface area (Å²) in [7, 11) is 1.60. The van der Waals surface area contributed by atoms with Crippen molar-refractivity contribution in [3.05, 3.63) is 46.6 Å². The van der Waals surface area contributed by atoms with Crippen LogP contribution in [0.1, 0.15) is 24.2 Å². The lowest BCUT2D eigenvalue weighted by molar-refractivity contribution is -0.122. The lowest BCUT2D eigenvalue weighted by Gasteiger charge is -2.13. The van der Waals surface area contributed by atoms with Crippen LogP contribution < -0.4 is 10.1 Å². The number of thiocarbonyl (C=S) groups is 1. The first-order valence-corrected chi connectivity index (χ1v) is 9.81. The number of rotatable bonds is 7. The number of nitrogens with zero attached hydrogens (tertiary/aromatic N) is 2. The van der Waals surface area contributed by atoms with Gasteiger partial charge >= 0.3 is 0 Å². The van der Waals surface area contributed by atoms with Gasteiger partial charge in [-0.2, -0.15) is 0 Å². The number of methoxy groups -OCH3 is 1. The Bertz CT molecular complexity index is 939. The predicted octanol–water partition coefficient (Wildman–Crippen LogP) is 3.61. The molecule has 1 aliphatic heterocycles. The molecule has 0 bridgehead atoms. The summed E-state index contributed by atoms with van der Waals surface area (Å²) in [5.41, 5.74) is 0.863. The molecule has 28 heavy (non-hydrogen) atoms. The normalized spacial score (nSPS) is 15.4. The molecule has 0 aliphatic carbocycles. The number of ether oxygens (including phenoxy) is 1. The van der Waals surface area contributed by atoms with E-state index in [4.69, 9.17) is 21.5 Å². The molecule has 2 amide bonds. The van der Waals surface area contributed by atoms with Crippen molar-refractivity contribution in [3.63, 3.8) is 0 Å². The summed E-state index contributed by atoms with van der Waals surface area (Å²) in [6.45, 7) is 2.13. The van der Waals surface area contributed by atoms with Gasteiger partial charge in [0.15, 0.2) is 5.82 Å². The molecule has 0 spiro atoms. The van der Waals surface area contributed by atoms with E-state index in [1.807, 2.05) is 24.3 Å². The van der Waals surface area contributed by atoms with Gasteiger partial charge in [-0.05, 0) is 37.1 Å². The fourth-order valence-corrected chi connectivity index (χ4v) is 3.91. The predicted molar refractivity (Wildman–Crippen MR) is 112 cm³/mol. The van der Waals surface area contributed by atoms with E-state index in [1.165, 1.54) is 16.7 Å². The van der Waals surface area contributed by atoms with Gasteiger partial charge in [0.1, 0.15) is 15.8 Å². The van der Waals surface area contributed by atoms with Gasteiger partial charge in [0.2, 0.25) is 5.91 Å². The molecular weight excluding hydrogens is 398 g/mol. The fraction of sp³-hybridized carbons (Fsp3) is 0.263. The topological polar surface area (TPSA) is 84.7 Å². The maximum absolute atomic E-state index is 12.6. The average Bonchev–Trinajstić information content (AvgIpc) is 3.19. The Hall–Kier alpha value is -2.65. The number of hydrogen-bond acceptors (Lipinski definition) is 7. The Kier molecular flexibility index (Phi) is 6.48. The van der Waals surface area contributed by atoms with Gasteiger partial charge in [-0.15, -0.1) is 0 Å². The molecule has 0 atom stereocenters. The molecule has 1 aromatic carbocycles. The Balaban J connectivity index is 1.54. The van der Waals surface area contributed by atoms with E-state index < -0.39 is 0 Å².